The summed E-state index contributed by atoms with van der Waals surface area (Å²) in [4.78, 5) is 22.8. The Labute approximate surface area is 152 Å². The summed E-state index contributed by atoms with van der Waals surface area (Å²) in [6, 6.07) is 8.87. The largest absolute Gasteiger partial charge is 0.484 e. The van der Waals surface area contributed by atoms with Gasteiger partial charge >= 0.3 is 6.18 Å². The number of carbonyl (C=O) groups is 2. The first kappa shape index (κ1) is 19.6. The molecule has 2 aromatic carbocycles. The van der Waals surface area contributed by atoms with Crippen LogP contribution in [0.5, 0.6) is 5.75 Å². The number of halogens is 4. The molecule has 0 saturated heterocycles. The third-order valence-corrected chi connectivity index (χ3v) is 3.44. The Morgan fingerprint density at radius 3 is 2.31 bits per heavy atom. The number of anilines is 2. The minimum absolute atomic E-state index is 0.0222. The highest BCUT2D eigenvalue weighted by Gasteiger charge is 2.31. The van der Waals surface area contributed by atoms with Crippen molar-refractivity contribution in [2.45, 2.75) is 13.1 Å². The molecule has 2 N–H and O–H groups in total. The van der Waals surface area contributed by atoms with Gasteiger partial charge in [0, 0.05) is 12.6 Å². The molecule has 2 aromatic rings. The zero-order valence-electron chi connectivity index (χ0n) is 13.5. The Bertz CT molecular complexity index is 808. The fraction of sp³-hybridized carbons (Fsp3) is 0.176. The van der Waals surface area contributed by atoms with Crippen LogP contribution in [0.4, 0.5) is 24.5 Å². The van der Waals surface area contributed by atoms with Crippen molar-refractivity contribution in [1.82, 2.24) is 0 Å². The van der Waals surface area contributed by atoms with Gasteiger partial charge in [-0.2, -0.15) is 13.2 Å². The zero-order chi connectivity index (χ0) is 19.3. The Morgan fingerprint density at radius 2 is 1.73 bits per heavy atom. The van der Waals surface area contributed by atoms with Crippen molar-refractivity contribution >= 4 is 34.8 Å². The Balaban J connectivity index is 1.96. The lowest BCUT2D eigenvalue weighted by Gasteiger charge is -2.12. The van der Waals surface area contributed by atoms with Crippen molar-refractivity contribution in [2.24, 2.45) is 0 Å². The molecule has 2 rings (SSSR count). The molecule has 0 spiro atoms. The molecule has 0 saturated carbocycles. The van der Waals surface area contributed by atoms with Crippen molar-refractivity contribution < 1.29 is 27.5 Å². The average molecular weight is 387 g/mol. The smallest absolute Gasteiger partial charge is 0.416 e. The molecular weight excluding hydrogens is 373 g/mol. The van der Waals surface area contributed by atoms with Crippen molar-refractivity contribution in [2.75, 3.05) is 17.2 Å². The quantitative estimate of drug-likeness (QED) is 0.803. The van der Waals surface area contributed by atoms with E-state index in [9.17, 15) is 22.8 Å². The van der Waals surface area contributed by atoms with Gasteiger partial charge in [0.2, 0.25) is 5.91 Å². The SMILES string of the molecule is CC(=O)Nc1ccc(OCC(=O)Nc2cc(C(F)(F)F)ccc2Cl)cc1. The van der Waals surface area contributed by atoms with Crippen LogP contribution in [0.25, 0.3) is 0 Å². The van der Waals surface area contributed by atoms with Gasteiger partial charge in [-0.3, -0.25) is 9.59 Å². The molecule has 138 valence electrons. The van der Waals surface area contributed by atoms with E-state index in [0.717, 1.165) is 18.2 Å². The Kier molecular flexibility index (Phi) is 6.10. The normalized spacial score (nSPS) is 11.0. The van der Waals surface area contributed by atoms with Crippen LogP contribution < -0.4 is 15.4 Å². The first-order valence-corrected chi connectivity index (χ1v) is 7.70. The maximum Gasteiger partial charge on any atom is 0.416 e. The predicted octanol–water partition coefficient (Wildman–Crippen LogP) is 4.33. The number of rotatable bonds is 5. The van der Waals surface area contributed by atoms with E-state index in [1.807, 2.05) is 0 Å². The summed E-state index contributed by atoms with van der Waals surface area (Å²) < 4.78 is 43.4. The van der Waals surface area contributed by atoms with Crippen LogP contribution in [-0.4, -0.2) is 18.4 Å². The fourth-order valence-electron chi connectivity index (χ4n) is 1.97. The Hall–Kier alpha value is -2.74. The molecule has 0 aromatic heterocycles. The maximum absolute atomic E-state index is 12.7. The van der Waals surface area contributed by atoms with E-state index in [0.29, 0.717) is 11.4 Å². The van der Waals surface area contributed by atoms with Gasteiger partial charge < -0.3 is 15.4 Å². The lowest BCUT2D eigenvalue weighted by atomic mass is 10.2. The van der Waals surface area contributed by atoms with E-state index >= 15 is 0 Å². The van der Waals surface area contributed by atoms with Gasteiger partial charge in [-0.1, -0.05) is 11.6 Å². The lowest BCUT2D eigenvalue weighted by molar-refractivity contribution is -0.137. The van der Waals surface area contributed by atoms with Gasteiger partial charge in [0.1, 0.15) is 5.75 Å². The van der Waals surface area contributed by atoms with Crippen LogP contribution in [0.2, 0.25) is 5.02 Å². The minimum atomic E-state index is -4.55. The second-order valence-electron chi connectivity index (χ2n) is 5.23. The fourth-order valence-corrected chi connectivity index (χ4v) is 2.14. The van der Waals surface area contributed by atoms with Crippen molar-refractivity contribution in [1.29, 1.82) is 0 Å². The first-order valence-electron chi connectivity index (χ1n) is 7.32. The van der Waals surface area contributed by atoms with E-state index in [1.54, 1.807) is 12.1 Å². The summed E-state index contributed by atoms with van der Waals surface area (Å²) in [5, 5.41) is 4.83. The van der Waals surface area contributed by atoms with Crippen LogP contribution in [0.1, 0.15) is 12.5 Å². The number of hydrogen-bond donors (Lipinski definition) is 2. The van der Waals surface area contributed by atoms with Gasteiger partial charge in [-0.05, 0) is 42.5 Å². The number of benzene rings is 2. The number of alkyl halides is 3. The van der Waals surface area contributed by atoms with E-state index in [4.69, 9.17) is 16.3 Å². The van der Waals surface area contributed by atoms with Crippen LogP contribution in [-0.2, 0) is 15.8 Å². The number of carbonyl (C=O) groups excluding carboxylic acids is 2. The summed E-state index contributed by atoms with van der Waals surface area (Å²) in [5.74, 6) is -0.544. The van der Waals surface area contributed by atoms with Crippen LogP contribution in [0.15, 0.2) is 42.5 Å². The average Bonchev–Trinajstić information content (AvgIpc) is 2.54. The molecular formula is C17H14ClF3N2O3. The summed E-state index contributed by atoms with van der Waals surface area (Å²) in [6.07, 6.45) is -4.55. The Morgan fingerprint density at radius 1 is 1.08 bits per heavy atom. The second-order valence-corrected chi connectivity index (χ2v) is 5.64. The zero-order valence-corrected chi connectivity index (χ0v) is 14.2. The van der Waals surface area contributed by atoms with Gasteiger partial charge in [0.05, 0.1) is 16.3 Å². The number of amides is 2. The van der Waals surface area contributed by atoms with E-state index in [-0.39, 0.29) is 16.6 Å². The number of hydrogen-bond acceptors (Lipinski definition) is 3. The van der Waals surface area contributed by atoms with Crippen LogP contribution >= 0.6 is 11.6 Å². The first-order chi connectivity index (χ1) is 12.1. The molecule has 0 aliphatic rings. The number of nitrogens with one attached hydrogen (secondary N) is 2. The van der Waals surface area contributed by atoms with Crippen molar-refractivity contribution in [3.8, 4) is 5.75 Å². The molecule has 26 heavy (non-hydrogen) atoms. The second kappa shape index (κ2) is 8.09. The standard InChI is InChI=1S/C17H14ClF3N2O3/c1-10(24)22-12-3-5-13(6-4-12)26-9-16(25)23-15-8-11(17(19,20)21)2-7-14(15)18/h2-8H,9H2,1H3,(H,22,24)(H,23,25). The van der Waals surface area contributed by atoms with Crippen LogP contribution in [0.3, 0.4) is 0 Å². The highest BCUT2D eigenvalue weighted by molar-refractivity contribution is 6.33. The van der Waals surface area contributed by atoms with Crippen LogP contribution in [0, 0.1) is 0 Å². The minimum Gasteiger partial charge on any atom is -0.484 e. The summed E-state index contributed by atoms with van der Waals surface area (Å²) in [6.45, 7) is 0.944. The molecule has 0 radical (unpaired) electrons. The van der Waals surface area contributed by atoms with E-state index in [1.165, 1.54) is 19.1 Å². The third-order valence-electron chi connectivity index (χ3n) is 3.11. The molecule has 0 aliphatic heterocycles. The molecule has 9 heteroatoms. The summed E-state index contributed by atoms with van der Waals surface area (Å²) >= 11 is 5.81. The lowest BCUT2D eigenvalue weighted by Crippen LogP contribution is -2.20. The van der Waals surface area contributed by atoms with Crippen molar-refractivity contribution in [3.05, 3.63) is 53.1 Å². The molecule has 2 amide bonds. The molecule has 0 heterocycles. The molecule has 0 fully saturated rings. The van der Waals surface area contributed by atoms with Gasteiger partial charge in [-0.15, -0.1) is 0 Å². The van der Waals surface area contributed by atoms with Gasteiger partial charge in [0.15, 0.2) is 6.61 Å². The van der Waals surface area contributed by atoms with E-state index in [2.05, 4.69) is 10.6 Å². The maximum atomic E-state index is 12.7. The van der Waals surface area contributed by atoms with Gasteiger partial charge in [-0.25, -0.2) is 0 Å². The molecule has 0 aliphatic carbocycles. The van der Waals surface area contributed by atoms with Gasteiger partial charge in [0.25, 0.3) is 5.91 Å². The molecule has 0 atom stereocenters. The molecule has 5 nitrogen and oxygen atoms in total. The predicted molar refractivity (Wildman–Crippen MR) is 91.3 cm³/mol. The van der Waals surface area contributed by atoms with Crippen molar-refractivity contribution in [3.63, 3.8) is 0 Å². The van der Waals surface area contributed by atoms with E-state index < -0.39 is 24.3 Å². The monoisotopic (exact) mass is 386 g/mol. The summed E-state index contributed by atoms with van der Waals surface area (Å²) in [5.41, 5.74) is -0.521. The topological polar surface area (TPSA) is 67.4 Å². The third kappa shape index (κ3) is 5.66. The molecule has 0 bridgehead atoms. The highest BCUT2D eigenvalue weighted by atomic mass is 35.5. The molecule has 0 unspecified atom stereocenters. The number of ether oxygens (including phenoxy) is 1. The highest BCUT2D eigenvalue weighted by Crippen LogP contribution is 2.33. The summed E-state index contributed by atoms with van der Waals surface area (Å²) in [7, 11) is 0.